The molecule has 0 saturated carbocycles. The second-order valence-electron chi connectivity index (χ2n) is 4.89. The van der Waals surface area contributed by atoms with Gasteiger partial charge in [-0.1, -0.05) is 54.6 Å². The molecule has 1 aromatic heterocycles. The fraction of sp³-hybridized carbons (Fsp3) is 0.0556. The van der Waals surface area contributed by atoms with E-state index in [9.17, 15) is 13.2 Å². The normalized spacial score (nSPS) is 12.1. The van der Waals surface area contributed by atoms with Crippen LogP contribution in [0.3, 0.4) is 0 Å². The summed E-state index contributed by atoms with van der Waals surface area (Å²) in [4.78, 5) is 3.66. The number of aromatic nitrogens is 1. The lowest BCUT2D eigenvalue weighted by Gasteiger charge is -2.07. The Hall–Kier alpha value is -2.62. The van der Waals surface area contributed by atoms with Crippen LogP contribution in [0.5, 0.6) is 0 Å². The molecule has 0 unspecified atom stereocenters. The van der Waals surface area contributed by atoms with Crippen LogP contribution in [-0.4, -0.2) is 4.98 Å². The zero-order chi connectivity index (χ0) is 15.6. The maximum atomic E-state index is 12.6. The molecule has 0 fully saturated rings. The van der Waals surface area contributed by atoms with Crippen LogP contribution in [-0.2, 0) is 6.18 Å². The van der Waals surface area contributed by atoms with Crippen molar-refractivity contribution in [2.75, 3.05) is 0 Å². The summed E-state index contributed by atoms with van der Waals surface area (Å²) >= 11 is 0. The van der Waals surface area contributed by atoms with Gasteiger partial charge in [0.2, 0.25) is 0 Å². The van der Waals surface area contributed by atoms with Gasteiger partial charge in [-0.25, -0.2) is 4.98 Å². The third-order valence-corrected chi connectivity index (χ3v) is 3.27. The van der Waals surface area contributed by atoms with Gasteiger partial charge in [-0.2, -0.15) is 13.2 Å². The molecule has 0 spiro atoms. The van der Waals surface area contributed by atoms with E-state index < -0.39 is 11.9 Å². The van der Waals surface area contributed by atoms with E-state index in [0.29, 0.717) is 10.9 Å². The first kappa shape index (κ1) is 14.3. The number of hydrogen-bond acceptors (Lipinski definition) is 1. The van der Waals surface area contributed by atoms with Gasteiger partial charge in [0, 0.05) is 5.39 Å². The first-order valence-corrected chi connectivity index (χ1v) is 6.73. The Morgan fingerprint density at radius 2 is 1.50 bits per heavy atom. The molecule has 0 aliphatic carbocycles. The number of rotatable bonds is 2. The minimum Gasteiger partial charge on any atom is -0.243 e. The molecule has 22 heavy (non-hydrogen) atoms. The molecule has 0 aliphatic heterocycles. The summed E-state index contributed by atoms with van der Waals surface area (Å²) < 4.78 is 37.9. The predicted molar refractivity (Wildman–Crippen MR) is 82.1 cm³/mol. The van der Waals surface area contributed by atoms with Gasteiger partial charge in [0.15, 0.2) is 0 Å². The standard InChI is InChI=1S/C18H12F3N/c19-18(20,21)17-11-9-15-12-14(8-10-16(15)22-17)7-6-13-4-2-1-3-5-13/h1-12H/b7-6+. The zero-order valence-electron chi connectivity index (χ0n) is 11.5. The maximum Gasteiger partial charge on any atom is 0.433 e. The van der Waals surface area contributed by atoms with Crippen molar-refractivity contribution in [1.82, 2.24) is 4.98 Å². The molecule has 1 heterocycles. The zero-order valence-corrected chi connectivity index (χ0v) is 11.5. The topological polar surface area (TPSA) is 12.9 Å². The summed E-state index contributed by atoms with van der Waals surface area (Å²) in [6.07, 6.45) is -0.537. The number of nitrogens with zero attached hydrogens (tertiary/aromatic N) is 1. The van der Waals surface area contributed by atoms with Crippen LogP contribution >= 0.6 is 0 Å². The lowest BCUT2D eigenvalue weighted by atomic mass is 10.1. The van der Waals surface area contributed by atoms with E-state index in [-0.39, 0.29) is 0 Å². The monoisotopic (exact) mass is 299 g/mol. The lowest BCUT2D eigenvalue weighted by molar-refractivity contribution is -0.140. The van der Waals surface area contributed by atoms with Crippen LogP contribution < -0.4 is 0 Å². The van der Waals surface area contributed by atoms with E-state index >= 15 is 0 Å². The van der Waals surface area contributed by atoms with Crippen LogP contribution in [0.15, 0.2) is 60.7 Å². The first-order chi connectivity index (χ1) is 10.5. The number of fused-ring (bicyclic) bond motifs is 1. The molecule has 0 amide bonds. The minimum atomic E-state index is -4.42. The molecule has 110 valence electrons. The summed E-state index contributed by atoms with van der Waals surface area (Å²) in [5.74, 6) is 0. The molecule has 0 aliphatic rings. The molecular formula is C18H12F3N. The Labute approximate surface area is 125 Å². The van der Waals surface area contributed by atoms with Crippen LogP contribution in [0.1, 0.15) is 16.8 Å². The highest BCUT2D eigenvalue weighted by Gasteiger charge is 2.32. The number of alkyl halides is 3. The van der Waals surface area contributed by atoms with Crippen molar-refractivity contribution >= 4 is 23.1 Å². The molecule has 0 saturated heterocycles. The fourth-order valence-corrected chi connectivity index (χ4v) is 2.16. The minimum absolute atomic E-state index is 0.340. The SMILES string of the molecule is FC(F)(F)c1ccc2cc(/C=C/c3ccccc3)ccc2n1. The summed E-state index contributed by atoms with van der Waals surface area (Å²) in [5.41, 5.74) is 1.45. The summed E-state index contributed by atoms with van der Waals surface area (Å²) in [5, 5.41) is 0.684. The van der Waals surface area contributed by atoms with E-state index in [1.165, 1.54) is 6.07 Å². The summed E-state index contributed by atoms with van der Waals surface area (Å²) in [6.45, 7) is 0. The van der Waals surface area contributed by atoms with Crippen LogP contribution in [0.4, 0.5) is 13.2 Å². The highest BCUT2D eigenvalue weighted by Crippen LogP contribution is 2.29. The maximum absolute atomic E-state index is 12.6. The molecule has 2 aromatic carbocycles. The van der Waals surface area contributed by atoms with Crippen molar-refractivity contribution in [2.24, 2.45) is 0 Å². The fourth-order valence-electron chi connectivity index (χ4n) is 2.16. The Morgan fingerprint density at radius 3 is 2.23 bits per heavy atom. The van der Waals surface area contributed by atoms with Gasteiger partial charge in [-0.15, -0.1) is 0 Å². The quantitative estimate of drug-likeness (QED) is 0.575. The Balaban J connectivity index is 1.92. The number of benzene rings is 2. The van der Waals surface area contributed by atoms with E-state index in [4.69, 9.17) is 0 Å². The average molecular weight is 299 g/mol. The van der Waals surface area contributed by atoms with Crippen molar-refractivity contribution in [3.8, 4) is 0 Å². The smallest absolute Gasteiger partial charge is 0.243 e. The Kier molecular flexibility index (Phi) is 3.67. The number of hydrogen-bond donors (Lipinski definition) is 0. The predicted octanol–water partition coefficient (Wildman–Crippen LogP) is 5.42. The third-order valence-electron chi connectivity index (χ3n) is 3.27. The molecule has 1 nitrogen and oxygen atoms in total. The molecule has 0 N–H and O–H groups in total. The molecular weight excluding hydrogens is 287 g/mol. The van der Waals surface area contributed by atoms with Crippen molar-refractivity contribution < 1.29 is 13.2 Å². The molecule has 3 rings (SSSR count). The van der Waals surface area contributed by atoms with Crippen LogP contribution in [0.2, 0.25) is 0 Å². The Morgan fingerprint density at radius 1 is 0.773 bits per heavy atom. The van der Waals surface area contributed by atoms with Gasteiger partial charge in [0.05, 0.1) is 5.52 Å². The van der Waals surface area contributed by atoms with Gasteiger partial charge >= 0.3 is 6.18 Å². The van der Waals surface area contributed by atoms with E-state index in [1.54, 1.807) is 12.1 Å². The van der Waals surface area contributed by atoms with E-state index in [1.807, 2.05) is 48.6 Å². The number of pyridine rings is 1. The van der Waals surface area contributed by atoms with Crippen LogP contribution in [0, 0.1) is 0 Å². The largest absolute Gasteiger partial charge is 0.433 e. The van der Waals surface area contributed by atoms with E-state index in [2.05, 4.69) is 4.98 Å². The van der Waals surface area contributed by atoms with Crippen molar-refractivity contribution in [3.05, 3.63) is 77.5 Å². The summed E-state index contributed by atoms with van der Waals surface area (Å²) in [6, 6.07) is 17.4. The van der Waals surface area contributed by atoms with Gasteiger partial charge in [0.25, 0.3) is 0 Å². The highest BCUT2D eigenvalue weighted by atomic mass is 19.4. The Bertz CT molecular complexity index is 821. The highest BCUT2D eigenvalue weighted by molar-refractivity contribution is 5.83. The average Bonchev–Trinajstić information content (AvgIpc) is 2.52. The number of halogens is 3. The molecule has 0 bridgehead atoms. The second kappa shape index (κ2) is 5.64. The lowest BCUT2D eigenvalue weighted by Crippen LogP contribution is -2.07. The van der Waals surface area contributed by atoms with Gasteiger partial charge in [0.1, 0.15) is 5.69 Å². The van der Waals surface area contributed by atoms with Crippen molar-refractivity contribution in [1.29, 1.82) is 0 Å². The summed E-state index contributed by atoms with van der Waals surface area (Å²) in [7, 11) is 0. The van der Waals surface area contributed by atoms with Gasteiger partial charge in [-0.05, 0) is 29.3 Å². The molecule has 0 atom stereocenters. The van der Waals surface area contributed by atoms with Gasteiger partial charge < -0.3 is 0 Å². The van der Waals surface area contributed by atoms with Crippen LogP contribution in [0.25, 0.3) is 23.1 Å². The van der Waals surface area contributed by atoms with Crippen molar-refractivity contribution in [3.63, 3.8) is 0 Å². The second-order valence-corrected chi connectivity index (χ2v) is 4.89. The van der Waals surface area contributed by atoms with Crippen molar-refractivity contribution in [2.45, 2.75) is 6.18 Å². The van der Waals surface area contributed by atoms with Gasteiger partial charge in [-0.3, -0.25) is 0 Å². The van der Waals surface area contributed by atoms with E-state index in [0.717, 1.165) is 17.2 Å². The molecule has 3 aromatic rings. The molecule has 4 heteroatoms. The third kappa shape index (κ3) is 3.17. The first-order valence-electron chi connectivity index (χ1n) is 6.73. The molecule has 0 radical (unpaired) electrons.